The summed E-state index contributed by atoms with van der Waals surface area (Å²) in [6, 6.07) is 7.64. The fourth-order valence-electron chi connectivity index (χ4n) is 6.49. The van der Waals surface area contributed by atoms with Gasteiger partial charge in [-0.25, -0.2) is 0 Å². The molecule has 2 saturated heterocycles. The van der Waals surface area contributed by atoms with Gasteiger partial charge in [-0.3, -0.25) is 19.9 Å². The molecule has 3 aromatic rings. The van der Waals surface area contributed by atoms with E-state index >= 15 is 0 Å². The Balaban J connectivity index is 1.27. The van der Waals surface area contributed by atoms with Gasteiger partial charge in [-0.15, -0.1) is 0 Å². The Morgan fingerprint density at radius 3 is 2.47 bits per heavy atom. The molecule has 0 saturated carbocycles. The van der Waals surface area contributed by atoms with Crippen LogP contribution >= 0.6 is 0 Å². The molecule has 0 spiro atoms. The maximum atomic E-state index is 13.6. The minimum Gasteiger partial charge on any atom is -0.370 e. The van der Waals surface area contributed by atoms with Gasteiger partial charge in [0, 0.05) is 43.6 Å². The summed E-state index contributed by atoms with van der Waals surface area (Å²) in [6.45, 7) is 7.60. The third-order valence-electron chi connectivity index (χ3n) is 8.32. The predicted octanol–water partition coefficient (Wildman–Crippen LogP) is 4.78. The van der Waals surface area contributed by atoms with Gasteiger partial charge in [-0.2, -0.15) is 18.3 Å². The fraction of sp³-hybridized carbons (Fsp3) is 0.556. The van der Waals surface area contributed by atoms with Crippen molar-refractivity contribution in [2.75, 3.05) is 37.6 Å². The van der Waals surface area contributed by atoms with E-state index in [2.05, 4.69) is 26.9 Å². The van der Waals surface area contributed by atoms with E-state index in [-0.39, 0.29) is 6.04 Å². The standard InChI is InChI=1S/C27H33F3N6/c1-17-14-35(15-17)19-7-9-34(10-8-19)20-3-5-25(31-12-20)26-21-4-6-24-23(13-32-33-24)22(21)11-18(2)36(26)16-27(28,29)30/h3-6,12-13,17-19,26H,7-11,14-16H2,1-2H3,(H,32,33)/t18-,26?/m1/s1. The van der Waals surface area contributed by atoms with Crippen molar-refractivity contribution in [2.45, 2.75) is 57.4 Å². The average Bonchev–Trinajstić information content (AvgIpc) is 3.32. The maximum Gasteiger partial charge on any atom is 0.401 e. The second-order valence-corrected chi connectivity index (χ2v) is 10.9. The van der Waals surface area contributed by atoms with Gasteiger partial charge < -0.3 is 4.90 Å². The Morgan fingerprint density at radius 2 is 1.81 bits per heavy atom. The monoisotopic (exact) mass is 498 g/mol. The Labute approximate surface area is 209 Å². The number of hydrogen-bond donors (Lipinski definition) is 1. The number of rotatable bonds is 4. The number of aromatic nitrogens is 3. The third kappa shape index (κ3) is 4.36. The van der Waals surface area contributed by atoms with Crippen molar-refractivity contribution in [1.82, 2.24) is 25.0 Å². The second-order valence-electron chi connectivity index (χ2n) is 10.9. The molecule has 2 aromatic heterocycles. The first-order valence-corrected chi connectivity index (χ1v) is 13.0. The molecule has 0 amide bonds. The van der Waals surface area contributed by atoms with E-state index in [9.17, 15) is 13.2 Å². The zero-order chi connectivity index (χ0) is 25.0. The van der Waals surface area contributed by atoms with Crippen LogP contribution in [0.5, 0.6) is 0 Å². The molecule has 2 fully saturated rings. The van der Waals surface area contributed by atoms with Crippen LogP contribution in [0.3, 0.4) is 0 Å². The number of nitrogens with zero attached hydrogens (tertiary/aromatic N) is 5. The molecular formula is C27H33F3N6. The Hall–Kier alpha value is -2.65. The van der Waals surface area contributed by atoms with Crippen molar-refractivity contribution in [3.05, 3.63) is 53.5 Å². The van der Waals surface area contributed by atoms with Gasteiger partial charge in [-0.05, 0) is 61.4 Å². The normalized spacial score (nSPS) is 24.8. The highest BCUT2D eigenvalue weighted by atomic mass is 19.4. The van der Waals surface area contributed by atoms with Crippen LogP contribution in [0, 0.1) is 5.92 Å². The second kappa shape index (κ2) is 9.03. The molecule has 1 N–H and O–H groups in total. The minimum atomic E-state index is -4.29. The van der Waals surface area contributed by atoms with Crippen LogP contribution in [0.15, 0.2) is 36.7 Å². The number of alkyl halides is 3. The van der Waals surface area contributed by atoms with Gasteiger partial charge in [0.25, 0.3) is 0 Å². The summed E-state index contributed by atoms with van der Waals surface area (Å²) < 4.78 is 40.9. The van der Waals surface area contributed by atoms with E-state index in [1.165, 1.54) is 13.1 Å². The highest BCUT2D eigenvalue weighted by Crippen LogP contribution is 2.41. The number of H-pyrrole nitrogens is 1. The zero-order valence-electron chi connectivity index (χ0n) is 20.8. The van der Waals surface area contributed by atoms with Gasteiger partial charge in [0.05, 0.1) is 41.9 Å². The number of halogens is 3. The Kier molecular flexibility index (Phi) is 5.95. The lowest BCUT2D eigenvalue weighted by Crippen LogP contribution is -2.54. The molecular weight excluding hydrogens is 465 g/mol. The van der Waals surface area contributed by atoms with Gasteiger partial charge in [-0.1, -0.05) is 13.0 Å². The summed E-state index contributed by atoms with van der Waals surface area (Å²) in [5, 5.41) is 8.12. The van der Waals surface area contributed by atoms with E-state index in [0.29, 0.717) is 18.2 Å². The molecule has 0 bridgehead atoms. The summed E-state index contributed by atoms with van der Waals surface area (Å²) in [6.07, 6.45) is 2.16. The number of fused-ring (bicyclic) bond motifs is 3. The first-order valence-electron chi connectivity index (χ1n) is 13.0. The van der Waals surface area contributed by atoms with Crippen LogP contribution in [0.1, 0.15) is 49.6 Å². The van der Waals surface area contributed by atoms with Gasteiger partial charge in [0.2, 0.25) is 0 Å². The zero-order valence-corrected chi connectivity index (χ0v) is 20.8. The summed E-state index contributed by atoms with van der Waals surface area (Å²) in [5.41, 5.74) is 4.55. The number of pyridine rings is 1. The minimum absolute atomic E-state index is 0.283. The molecule has 6 rings (SSSR count). The van der Waals surface area contributed by atoms with Gasteiger partial charge in [0.15, 0.2) is 0 Å². The number of hydrogen-bond acceptors (Lipinski definition) is 5. The molecule has 9 heteroatoms. The van der Waals surface area contributed by atoms with Crippen LogP contribution in [-0.2, 0) is 6.42 Å². The van der Waals surface area contributed by atoms with Crippen molar-refractivity contribution in [2.24, 2.45) is 5.92 Å². The molecule has 6 nitrogen and oxygen atoms in total. The van der Waals surface area contributed by atoms with Gasteiger partial charge in [0.1, 0.15) is 0 Å². The van der Waals surface area contributed by atoms with Crippen LogP contribution in [0.4, 0.5) is 18.9 Å². The lowest BCUT2D eigenvalue weighted by molar-refractivity contribution is -0.155. The van der Waals surface area contributed by atoms with E-state index in [1.807, 2.05) is 37.4 Å². The Morgan fingerprint density at radius 1 is 1.03 bits per heavy atom. The largest absolute Gasteiger partial charge is 0.401 e. The summed E-state index contributed by atoms with van der Waals surface area (Å²) in [4.78, 5) is 11.3. The number of nitrogens with one attached hydrogen (secondary N) is 1. The molecule has 2 atom stereocenters. The summed E-state index contributed by atoms with van der Waals surface area (Å²) in [7, 11) is 0. The number of anilines is 1. The highest BCUT2D eigenvalue weighted by molar-refractivity contribution is 5.83. The molecule has 5 heterocycles. The first-order chi connectivity index (χ1) is 17.3. The Bertz CT molecular complexity index is 1210. The fourth-order valence-corrected chi connectivity index (χ4v) is 6.49. The van der Waals surface area contributed by atoms with Crippen LogP contribution < -0.4 is 4.90 Å². The topological polar surface area (TPSA) is 51.3 Å². The molecule has 0 radical (unpaired) electrons. The van der Waals surface area contributed by atoms with Gasteiger partial charge >= 0.3 is 6.18 Å². The quantitative estimate of drug-likeness (QED) is 0.561. The van der Waals surface area contributed by atoms with E-state index in [1.54, 1.807) is 11.1 Å². The SMILES string of the molecule is CC1CN(C2CCN(c3ccc(C4c5ccc6[nH]ncc6c5C[C@@H](C)N4CC(F)(F)F)nc3)CC2)C1. The van der Waals surface area contributed by atoms with Crippen LogP contribution in [0.2, 0.25) is 0 Å². The number of likely N-dealkylation sites (tertiary alicyclic amines) is 1. The first kappa shape index (κ1) is 23.7. The molecule has 3 aliphatic rings. The summed E-state index contributed by atoms with van der Waals surface area (Å²) in [5.74, 6) is 0.814. The van der Waals surface area contributed by atoms with E-state index in [0.717, 1.165) is 59.6 Å². The average molecular weight is 499 g/mol. The lowest BCUT2D eigenvalue weighted by atomic mass is 9.85. The number of benzene rings is 1. The number of aromatic amines is 1. The molecule has 1 unspecified atom stereocenters. The van der Waals surface area contributed by atoms with E-state index in [4.69, 9.17) is 4.98 Å². The van der Waals surface area contributed by atoms with Crippen molar-refractivity contribution < 1.29 is 13.2 Å². The van der Waals surface area contributed by atoms with Crippen LogP contribution in [0.25, 0.3) is 10.9 Å². The summed E-state index contributed by atoms with van der Waals surface area (Å²) >= 11 is 0. The van der Waals surface area contributed by atoms with Crippen molar-refractivity contribution in [3.63, 3.8) is 0 Å². The smallest absolute Gasteiger partial charge is 0.370 e. The van der Waals surface area contributed by atoms with Crippen LogP contribution in [-0.4, -0.2) is 76.0 Å². The number of piperidine rings is 1. The van der Waals surface area contributed by atoms with Crippen molar-refractivity contribution >= 4 is 16.6 Å². The molecule has 192 valence electrons. The molecule has 36 heavy (non-hydrogen) atoms. The molecule has 3 aliphatic heterocycles. The predicted molar refractivity (Wildman–Crippen MR) is 134 cm³/mol. The maximum absolute atomic E-state index is 13.6. The third-order valence-corrected chi connectivity index (χ3v) is 8.32. The van der Waals surface area contributed by atoms with Crippen molar-refractivity contribution in [1.29, 1.82) is 0 Å². The highest BCUT2D eigenvalue weighted by Gasteiger charge is 2.41. The van der Waals surface area contributed by atoms with Crippen molar-refractivity contribution in [3.8, 4) is 0 Å². The van der Waals surface area contributed by atoms with E-state index < -0.39 is 18.8 Å². The molecule has 0 aliphatic carbocycles. The molecule has 1 aromatic carbocycles. The lowest BCUT2D eigenvalue weighted by Gasteiger charge is -2.46.